The van der Waals surface area contributed by atoms with Crippen LogP contribution in [0.2, 0.25) is 0 Å². The molecule has 0 spiro atoms. The molecule has 0 aliphatic carbocycles. The van der Waals surface area contributed by atoms with Crippen molar-refractivity contribution in [3.05, 3.63) is 0 Å². The van der Waals surface area contributed by atoms with Gasteiger partial charge >= 0.3 is 5.97 Å². The van der Waals surface area contributed by atoms with Crippen molar-refractivity contribution < 1.29 is 19.0 Å². The first kappa shape index (κ1) is 10.9. The molecule has 2 aliphatic heterocycles. The van der Waals surface area contributed by atoms with Gasteiger partial charge in [-0.3, -0.25) is 0 Å². The van der Waals surface area contributed by atoms with Crippen LogP contribution in [0.4, 0.5) is 0 Å². The van der Waals surface area contributed by atoms with Crippen LogP contribution in [-0.2, 0) is 19.0 Å². The normalized spacial score (nSPS) is 43.6. The molecule has 2 fully saturated rings. The third-order valence-electron chi connectivity index (χ3n) is 3.14. The van der Waals surface area contributed by atoms with Gasteiger partial charge in [-0.25, -0.2) is 4.79 Å². The zero-order valence-electron chi connectivity index (χ0n) is 9.65. The van der Waals surface area contributed by atoms with E-state index in [2.05, 4.69) is 0 Å². The molecule has 15 heavy (non-hydrogen) atoms. The van der Waals surface area contributed by atoms with Crippen LogP contribution >= 0.6 is 0 Å². The average Bonchev–Trinajstić information content (AvgIpc) is 2.48. The van der Waals surface area contributed by atoms with Gasteiger partial charge in [0.05, 0.1) is 0 Å². The van der Waals surface area contributed by atoms with Crippen LogP contribution in [0.1, 0.15) is 34.1 Å². The third-order valence-corrected chi connectivity index (χ3v) is 3.14. The predicted molar refractivity (Wildman–Crippen MR) is 53.2 cm³/mol. The monoisotopic (exact) mass is 214 g/mol. The second-order valence-electron chi connectivity index (χ2n) is 4.76. The topological polar surface area (TPSA) is 44.8 Å². The number of hydrogen-bond acceptors (Lipinski definition) is 4. The number of carbonyl (C=O) groups is 1. The van der Waals surface area contributed by atoms with E-state index in [-0.39, 0.29) is 24.1 Å². The molecule has 0 bridgehead atoms. The Bertz CT molecular complexity index is 274. The highest BCUT2D eigenvalue weighted by molar-refractivity contribution is 5.77. The smallest absolute Gasteiger partial charge is 0.338 e. The molecule has 4 atom stereocenters. The molecule has 0 N–H and O–H groups in total. The zero-order chi connectivity index (χ0) is 11.2. The van der Waals surface area contributed by atoms with E-state index in [0.29, 0.717) is 0 Å². The molecule has 0 aromatic heterocycles. The van der Waals surface area contributed by atoms with E-state index in [0.717, 1.165) is 6.42 Å². The molecule has 2 saturated heterocycles. The second-order valence-corrected chi connectivity index (χ2v) is 4.76. The van der Waals surface area contributed by atoms with Crippen molar-refractivity contribution in [3.8, 4) is 0 Å². The molecule has 2 rings (SSSR count). The summed E-state index contributed by atoms with van der Waals surface area (Å²) in [6.07, 6.45) is 0.0696. The first-order chi connectivity index (χ1) is 6.94. The second kappa shape index (κ2) is 3.46. The lowest BCUT2D eigenvalue weighted by Crippen LogP contribution is -2.49. The summed E-state index contributed by atoms with van der Waals surface area (Å²) in [6.45, 7) is 7.71. The SMILES string of the molecule is CC[C@@H]1OC(=O)[C@@H]2OC(C)(C)O[C@@H]2[C@H]1C. The van der Waals surface area contributed by atoms with Crippen molar-refractivity contribution in [3.63, 3.8) is 0 Å². The number of rotatable bonds is 1. The minimum absolute atomic E-state index is 0.0451. The molecule has 0 aromatic carbocycles. The highest BCUT2D eigenvalue weighted by Crippen LogP contribution is 2.38. The molecule has 0 amide bonds. The molecule has 0 radical (unpaired) electrons. The van der Waals surface area contributed by atoms with Crippen LogP contribution in [0.5, 0.6) is 0 Å². The van der Waals surface area contributed by atoms with Gasteiger partial charge in [-0.15, -0.1) is 0 Å². The van der Waals surface area contributed by atoms with Gasteiger partial charge in [-0.2, -0.15) is 0 Å². The number of cyclic esters (lactones) is 1. The molecule has 0 unspecified atom stereocenters. The highest BCUT2D eigenvalue weighted by Gasteiger charge is 2.53. The highest BCUT2D eigenvalue weighted by atomic mass is 16.8. The number of esters is 1. The fraction of sp³-hybridized carbons (Fsp3) is 0.909. The molecule has 4 heteroatoms. The fourth-order valence-electron chi connectivity index (χ4n) is 2.35. The molecule has 0 aromatic rings. The first-order valence-corrected chi connectivity index (χ1v) is 5.50. The minimum atomic E-state index is -0.675. The average molecular weight is 214 g/mol. The van der Waals surface area contributed by atoms with Crippen LogP contribution in [0.15, 0.2) is 0 Å². The van der Waals surface area contributed by atoms with Crippen molar-refractivity contribution in [2.75, 3.05) is 0 Å². The number of hydrogen-bond donors (Lipinski definition) is 0. The molecule has 4 nitrogen and oxygen atoms in total. The van der Waals surface area contributed by atoms with Gasteiger partial charge in [0.1, 0.15) is 12.2 Å². The summed E-state index contributed by atoms with van der Waals surface area (Å²) >= 11 is 0. The van der Waals surface area contributed by atoms with Crippen molar-refractivity contribution >= 4 is 5.97 Å². The van der Waals surface area contributed by atoms with E-state index < -0.39 is 11.9 Å². The quantitative estimate of drug-likeness (QED) is 0.620. The molecular weight excluding hydrogens is 196 g/mol. The Kier molecular flexibility index (Phi) is 2.51. The van der Waals surface area contributed by atoms with E-state index in [1.54, 1.807) is 0 Å². The number of fused-ring (bicyclic) bond motifs is 1. The van der Waals surface area contributed by atoms with Crippen LogP contribution in [0, 0.1) is 5.92 Å². The Morgan fingerprint density at radius 1 is 1.33 bits per heavy atom. The van der Waals surface area contributed by atoms with Gasteiger partial charge in [-0.05, 0) is 20.3 Å². The summed E-state index contributed by atoms with van der Waals surface area (Å²) in [4.78, 5) is 11.7. The lowest BCUT2D eigenvalue weighted by atomic mass is 9.90. The van der Waals surface area contributed by atoms with Gasteiger partial charge < -0.3 is 14.2 Å². The van der Waals surface area contributed by atoms with Crippen LogP contribution in [0.3, 0.4) is 0 Å². The van der Waals surface area contributed by atoms with Crippen molar-refractivity contribution in [1.82, 2.24) is 0 Å². The van der Waals surface area contributed by atoms with Crippen LogP contribution in [-0.4, -0.2) is 30.1 Å². The first-order valence-electron chi connectivity index (χ1n) is 5.50. The molecule has 2 heterocycles. The molecular formula is C11H18O4. The maximum Gasteiger partial charge on any atom is 0.338 e. The van der Waals surface area contributed by atoms with Crippen molar-refractivity contribution in [2.45, 2.75) is 58.2 Å². The molecule has 2 aliphatic rings. The summed E-state index contributed by atoms with van der Waals surface area (Å²) in [7, 11) is 0. The summed E-state index contributed by atoms with van der Waals surface area (Å²) < 4.78 is 16.6. The van der Waals surface area contributed by atoms with Gasteiger partial charge in [-0.1, -0.05) is 13.8 Å². The number of ether oxygens (including phenoxy) is 3. The summed E-state index contributed by atoms with van der Waals surface area (Å²) in [5, 5.41) is 0. The zero-order valence-corrected chi connectivity index (χ0v) is 9.65. The number of carbonyl (C=O) groups excluding carboxylic acids is 1. The Balaban J connectivity index is 2.20. The Labute approximate surface area is 89.9 Å². The van der Waals surface area contributed by atoms with Crippen LogP contribution < -0.4 is 0 Å². The maximum absolute atomic E-state index is 11.7. The lowest BCUT2D eigenvalue weighted by Gasteiger charge is -2.34. The standard InChI is InChI=1S/C11H18O4/c1-5-7-6(2)8-9(10(12)13-7)15-11(3,4)14-8/h6-9H,5H2,1-4H3/t6-,7-,8+,9+/m0/s1. The maximum atomic E-state index is 11.7. The van der Waals surface area contributed by atoms with Gasteiger partial charge in [0.25, 0.3) is 0 Å². The minimum Gasteiger partial charge on any atom is -0.460 e. The van der Waals surface area contributed by atoms with E-state index in [4.69, 9.17) is 14.2 Å². The van der Waals surface area contributed by atoms with Crippen LogP contribution in [0.25, 0.3) is 0 Å². The van der Waals surface area contributed by atoms with E-state index in [1.165, 1.54) is 0 Å². The third kappa shape index (κ3) is 1.76. The van der Waals surface area contributed by atoms with Gasteiger partial charge in [0, 0.05) is 5.92 Å². The van der Waals surface area contributed by atoms with Gasteiger partial charge in [0.2, 0.25) is 0 Å². The Hall–Kier alpha value is -0.610. The van der Waals surface area contributed by atoms with E-state index in [9.17, 15) is 4.79 Å². The van der Waals surface area contributed by atoms with E-state index >= 15 is 0 Å². The molecule has 86 valence electrons. The fourth-order valence-corrected chi connectivity index (χ4v) is 2.35. The Morgan fingerprint density at radius 2 is 2.00 bits per heavy atom. The van der Waals surface area contributed by atoms with Crippen molar-refractivity contribution in [2.24, 2.45) is 5.92 Å². The summed E-state index contributed by atoms with van der Waals surface area (Å²) in [5.74, 6) is -0.763. The summed E-state index contributed by atoms with van der Waals surface area (Å²) in [5.41, 5.74) is 0. The Morgan fingerprint density at radius 3 is 2.60 bits per heavy atom. The lowest BCUT2D eigenvalue weighted by molar-refractivity contribution is -0.177. The predicted octanol–water partition coefficient (Wildman–Crippen LogP) is 1.48. The molecule has 0 saturated carbocycles. The van der Waals surface area contributed by atoms with Gasteiger partial charge in [0.15, 0.2) is 11.9 Å². The summed E-state index contributed by atoms with van der Waals surface area (Å²) in [6, 6.07) is 0. The van der Waals surface area contributed by atoms with Crippen molar-refractivity contribution in [1.29, 1.82) is 0 Å². The van der Waals surface area contributed by atoms with E-state index in [1.807, 2.05) is 27.7 Å². The largest absolute Gasteiger partial charge is 0.460 e.